The van der Waals surface area contributed by atoms with E-state index in [1.807, 2.05) is 18.2 Å². The maximum atomic E-state index is 11.9. The van der Waals surface area contributed by atoms with Crippen molar-refractivity contribution in [3.63, 3.8) is 0 Å². The first-order valence-electron chi connectivity index (χ1n) is 7.08. The number of hydrogen-bond acceptors (Lipinski definition) is 4. The molecule has 0 spiro atoms. The number of nitrogens with one attached hydrogen (secondary N) is 1. The summed E-state index contributed by atoms with van der Waals surface area (Å²) in [5.41, 5.74) is 0.549. The molecule has 2 rings (SSSR count). The topological polar surface area (TPSA) is 56.8 Å². The second kappa shape index (κ2) is 9.15. The molecular formula is C17H18ClNO4. The number of carbonyl (C=O) groups excluding carboxylic acids is 1. The number of methoxy groups -OCH3 is 1. The highest BCUT2D eigenvalue weighted by atomic mass is 35.5. The molecule has 2 aromatic rings. The quantitative estimate of drug-likeness (QED) is 0.747. The Hall–Kier alpha value is -2.08. The zero-order valence-electron chi connectivity index (χ0n) is 12.8. The summed E-state index contributed by atoms with van der Waals surface area (Å²) in [6, 6.07) is 14.3. The fourth-order valence-electron chi connectivity index (χ4n) is 1.80. The van der Waals surface area contributed by atoms with E-state index < -0.39 is 0 Å². The van der Waals surface area contributed by atoms with Gasteiger partial charge in [-0.3, -0.25) is 4.79 Å². The van der Waals surface area contributed by atoms with Gasteiger partial charge in [0.05, 0.1) is 23.9 Å². The van der Waals surface area contributed by atoms with Crippen molar-refractivity contribution in [1.29, 1.82) is 0 Å². The molecule has 0 aliphatic heterocycles. The lowest BCUT2D eigenvalue weighted by atomic mass is 10.3. The number of halogens is 1. The van der Waals surface area contributed by atoms with Gasteiger partial charge in [0.15, 0.2) is 5.75 Å². The third kappa shape index (κ3) is 5.56. The number of hydrogen-bond donors (Lipinski definition) is 1. The minimum absolute atomic E-state index is 0.0518. The van der Waals surface area contributed by atoms with Crippen molar-refractivity contribution in [1.82, 2.24) is 0 Å². The molecule has 0 heterocycles. The average molecular weight is 336 g/mol. The standard InChI is InChI=1S/C17H18ClNO4/c1-21-10-11-22-12-17(20)19-14-7-3-5-9-16(14)23-15-8-4-2-6-13(15)18/h2-9H,10-12H2,1H3,(H,19,20). The second-order valence-corrected chi connectivity index (χ2v) is 5.03. The van der Waals surface area contributed by atoms with Gasteiger partial charge in [-0.15, -0.1) is 0 Å². The highest BCUT2D eigenvalue weighted by Gasteiger charge is 2.10. The monoisotopic (exact) mass is 335 g/mol. The van der Waals surface area contributed by atoms with Crippen LogP contribution in [0.25, 0.3) is 0 Å². The minimum atomic E-state index is -0.267. The first-order valence-corrected chi connectivity index (χ1v) is 7.46. The molecule has 0 aromatic heterocycles. The number of para-hydroxylation sites is 3. The van der Waals surface area contributed by atoms with E-state index in [-0.39, 0.29) is 12.5 Å². The van der Waals surface area contributed by atoms with E-state index in [0.29, 0.717) is 35.4 Å². The van der Waals surface area contributed by atoms with Crippen LogP contribution in [-0.2, 0) is 14.3 Å². The third-order valence-electron chi connectivity index (χ3n) is 2.88. The predicted octanol–water partition coefficient (Wildman–Crippen LogP) is 3.73. The molecule has 0 atom stereocenters. The lowest BCUT2D eigenvalue weighted by Crippen LogP contribution is -2.19. The molecule has 6 heteroatoms. The molecule has 23 heavy (non-hydrogen) atoms. The molecule has 0 aliphatic carbocycles. The van der Waals surface area contributed by atoms with Crippen molar-refractivity contribution >= 4 is 23.2 Å². The van der Waals surface area contributed by atoms with Crippen LogP contribution in [0.3, 0.4) is 0 Å². The molecule has 2 aromatic carbocycles. The van der Waals surface area contributed by atoms with Crippen molar-refractivity contribution in [3.8, 4) is 11.5 Å². The molecule has 0 unspecified atom stereocenters. The van der Waals surface area contributed by atoms with E-state index in [1.54, 1.807) is 37.4 Å². The van der Waals surface area contributed by atoms with Crippen LogP contribution >= 0.6 is 11.6 Å². The Labute approximate surface area is 140 Å². The van der Waals surface area contributed by atoms with Gasteiger partial charge in [0.1, 0.15) is 12.4 Å². The number of anilines is 1. The maximum absolute atomic E-state index is 11.9. The molecule has 5 nitrogen and oxygen atoms in total. The Bertz CT molecular complexity index is 648. The summed E-state index contributed by atoms with van der Waals surface area (Å²) >= 11 is 6.09. The number of ether oxygens (including phenoxy) is 3. The van der Waals surface area contributed by atoms with Crippen molar-refractivity contribution < 1.29 is 19.0 Å². The van der Waals surface area contributed by atoms with Crippen molar-refractivity contribution in [2.75, 3.05) is 32.2 Å². The van der Waals surface area contributed by atoms with Crippen molar-refractivity contribution in [2.24, 2.45) is 0 Å². The number of amides is 1. The van der Waals surface area contributed by atoms with Crippen LogP contribution in [0.15, 0.2) is 48.5 Å². The van der Waals surface area contributed by atoms with Gasteiger partial charge in [-0.05, 0) is 24.3 Å². The molecule has 0 bridgehead atoms. The normalized spacial score (nSPS) is 10.3. The Morgan fingerprint density at radius 2 is 1.74 bits per heavy atom. The summed E-state index contributed by atoms with van der Waals surface area (Å²) in [5.74, 6) is 0.759. The fraction of sp³-hybridized carbons (Fsp3) is 0.235. The smallest absolute Gasteiger partial charge is 0.250 e. The van der Waals surface area contributed by atoms with Gasteiger partial charge in [-0.2, -0.15) is 0 Å². The van der Waals surface area contributed by atoms with E-state index in [4.69, 9.17) is 25.8 Å². The van der Waals surface area contributed by atoms with E-state index in [2.05, 4.69) is 5.32 Å². The summed E-state index contributed by atoms with van der Waals surface area (Å²) in [7, 11) is 1.58. The summed E-state index contributed by atoms with van der Waals surface area (Å²) < 4.78 is 15.8. The fourth-order valence-corrected chi connectivity index (χ4v) is 1.97. The second-order valence-electron chi connectivity index (χ2n) is 4.62. The Morgan fingerprint density at radius 3 is 2.48 bits per heavy atom. The van der Waals surface area contributed by atoms with Crippen LogP contribution in [0.4, 0.5) is 5.69 Å². The van der Waals surface area contributed by atoms with Gasteiger partial charge in [0.25, 0.3) is 0 Å². The van der Waals surface area contributed by atoms with Crippen LogP contribution in [0, 0.1) is 0 Å². The number of benzene rings is 2. The average Bonchev–Trinajstić information content (AvgIpc) is 2.55. The zero-order valence-corrected chi connectivity index (χ0v) is 13.5. The lowest BCUT2D eigenvalue weighted by Gasteiger charge is -2.13. The SMILES string of the molecule is COCCOCC(=O)Nc1ccccc1Oc1ccccc1Cl. The first kappa shape index (κ1) is 17.3. The van der Waals surface area contributed by atoms with E-state index in [9.17, 15) is 4.79 Å². The summed E-state index contributed by atoms with van der Waals surface area (Å²) in [4.78, 5) is 11.9. The minimum Gasteiger partial charge on any atom is -0.454 e. The first-order chi connectivity index (χ1) is 11.2. The van der Waals surface area contributed by atoms with E-state index in [1.165, 1.54) is 0 Å². The summed E-state index contributed by atoms with van der Waals surface area (Å²) in [6.07, 6.45) is 0. The molecular weight excluding hydrogens is 318 g/mol. The number of carbonyl (C=O) groups is 1. The molecule has 0 fully saturated rings. The van der Waals surface area contributed by atoms with Crippen LogP contribution in [-0.4, -0.2) is 32.8 Å². The van der Waals surface area contributed by atoms with Gasteiger partial charge >= 0.3 is 0 Å². The van der Waals surface area contributed by atoms with Crippen LogP contribution in [0.5, 0.6) is 11.5 Å². The highest BCUT2D eigenvalue weighted by Crippen LogP contribution is 2.33. The van der Waals surface area contributed by atoms with Gasteiger partial charge in [-0.25, -0.2) is 0 Å². The molecule has 0 aliphatic rings. The summed E-state index contributed by atoms with van der Waals surface area (Å²) in [6.45, 7) is 0.755. The van der Waals surface area contributed by atoms with Gasteiger partial charge in [-0.1, -0.05) is 35.9 Å². The molecule has 1 N–H and O–H groups in total. The van der Waals surface area contributed by atoms with E-state index in [0.717, 1.165) is 0 Å². The molecule has 0 saturated heterocycles. The molecule has 1 amide bonds. The molecule has 122 valence electrons. The van der Waals surface area contributed by atoms with Crippen LogP contribution < -0.4 is 10.1 Å². The van der Waals surface area contributed by atoms with Crippen LogP contribution in [0.2, 0.25) is 5.02 Å². The molecule has 0 saturated carbocycles. The zero-order chi connectivity index (χ0) is 16.5. The Kier molecular flexibility index (Phi) is 6.87. The lowest BCUT2D eigenvalue weighted by molar-refractivity contribution is -0.121. The number of rotatable bonds is 8. The van der Waals surface area contributed by atoms with E-state index >= 15 is 0 Å². The highest BCUT2D eigenvalue weighted by molar-refractivity contribution is 6.32. The van der Waals surface area contributed by atoms with Crippen molar-refractivity contribution in [3.05, 3.63) is 53.6 Å². The van der Waals surface area contributed by atoms with Crippen LogP contribution in [0.1, 0.15) is 0 Å². The summed E-state index contributed by atoms with van der Waals surface area (Å²) in [5, 5.41) is 3.25. The third-order valence-corrected chi connectivity index (χ3v) is 3.19. The van der Waals surface area contributed by atoms with Gasteiger partial charge in [0.2, 0.25) is 5.91 Å². The Balaban J connectivity index is 2.00. The predicted molar refractivity (Wildman–Crippen MR) is 89.3 cm³/mol. The molecule has 0 radical (unpaired) electrons. The Morgan fingerprint density at radius 1 is 1.04 bits per heavy atom. The van der Waals surface area contributed by atoms with Gasteiger partial charge < -0.3 is 19.5 Å². The van der Waals surface area contributed by atoms with Crippen molar-refractivity contribution in [2.45, 2.75) is 0 Å². The maximum Gasteiger partial charge on any atom is 0.250 e. The largest absolute Gasteiger partial charge is 0.454 e. The van der Waals surface area contributed by atoms with Gasteiger partial charge in [0, 0.05) is 7.11 Å².